The Morgan fingerprint density at radius 1 is 1.33 bits per heavy atom. The second-order valence-electron chi connectivity index (χ2n) is 10.0. The van der Waals surface area contributed by atoms with Crippen molar-refractivity contribution in [3.8, 4) is 0 Å². The van der Waals surface area contributed by atoms with E-state index in [1.165, 1.54) is 11.1 Å². The van der Waals surface area contributed by atoms with Gasteiger partial charge in [-0.2, -0.15) is 0 Å². The number of nitrogens with one attached hydrogen (secondary N) is 1. The number of carbonyl (C=O) groups excluding carboxylic acids is 1. The molecule has 2 fully saturated rings. The number of hydrogen-bond donors (Lipinski definition) is 3. The van der Waals surface area contributed by atoms with Gasteiger partial charge < -0.3 is 20.3 Å². The minimum atomic E-state index is -0.596. The van der Waals surface area contributed by atoms with Crippen LogP contribution in [-0.2, 0) is 4.74 Å². The highest BCUT2D eigenvalue weighted by molar-refractivity contribution is 5.69. The van der Waals surface area contributed by atoms with Gasteiger partial charge >= 0.3 is 6.09 Å². The van der Waals surface area contributed by atoms with Gasteiger partial charge in [-0.05, 0) is 88.2 Å². The van der Waals surface area contributed by atoms with E-state index in [0.717, 1.165) is 44.9 Å². The van der Waals surface area contributed by atoms with E-state index in [9.17, 15) is 15.0 Å². The number of carbonyl (C=O) groups is 1. The largest absolute Gasteiger partial charge is 0.444 e. The van der Waals surface area contributed by atoms with Gasteiger partial charge in [0.2, 0.25) is 0 Å². The number of hydrogen-bond acceptors (Lipinski definition) is 4. The molecule has 27 heavy (non-hydrogen) atoms. The third kappa shape index (κ3) is 4.57. The number of aliphatic hydroxyl groups excluding tert-OH is 2. The van der Waals surface area contributed by atoms with Crippen LogP contribution < -0.4 is 5.32 Å². The zero-order chi connectivity index (χ0) is 19.9. The molecular formula is C22H35NO4. The number of aliphatic hydroxyl groups is 2. The van der Waals surface area contributed by atoms with Crippen LogP contribution in [0.5, 0.6) is 0 Å². The van der Waals surface area contributed by atoms with Crippen LogP contribution in [0.1, 0.15) is 72.6 Å². The standard InChI is InChI=1S/C22H35NO4/c1-20(2,3)27-19(26)23-22(14-24)10-8-17(13-22)21(4)9-7-15-11-18(25)6-5-16(15)12-21/h7,12,17-18,24-25H,5-6,8-11,13-14H2,1-4H3,(H,23,26)/t17-,18?,21?,22+/m0/s1. The third-order valence-electron chi connectivity index (χ3n) is 6.52. The molecule has 1 amide bonds. The van der Waals surface area contributed by atoms with E-state index in [2.05, 4.69) is 24.4 Å². The van der Waals surface area contributed by atoms with Gasteiger partial charge in [0.15, 0.2) is 0 Å². The van der Waals surface area contributed by atoms with Gasteiger partial charge in [-0.25, -0.2) is 4.79 Å². The summed E-state index contributed by atoms with van der Waals surface area (Å²) in [6, 6.07) is 0. The SMILES string of the molecule is CC(C)(C)OC(=O)N[C@]1(CO)CC[C@H](C2(C)C=C3CCC(O)CC3=CC2)C1. The number of alkyl carbamates (subject to hydrolysis) is 1. The molecule has 0 aromatic rings. The van der Waals surface area contributed by atoms with Crippen molar-refractivity contribution in [1.82, 2.24) is 5.32 Å². The first-order valence-corrected chi connectivity index (χ1v) is 10.3. The Hall–Kier alpha value is -1.33. The number of amides is 1. The fourth-order valence-electron chi connectivity index (χ4n) is 4.94. The highest BCUT2D eigenvalue weighted by atomic mass is 16.6. The molecular weight excluding hydrogens is 342 g/mol. The summed E-state index contributed by atoms with van der Waals surface area (Å²) in [6.45, 7) is 7.76. The van der Waals surface area contributed by atoms with Crippen molar-refractivity contribution in [3.05, 3.63) is 23.3 Å². The normalized spacial score (nSPS) is 36.5. The molecule has 3 rings (SSSR count). The summed E-state index contributed by atoms with van der Waals surface area (Å²) in [5.74, 6) is 0.400. The fourth-order valence-corrected chi connectivity index (χ4v) is 4.94. The Kier molecular flexibility index (Phi) is 5.48. The van der Waals surface area contributed by atoms with E-state index >= 15 is 0 Å². The maximum Gasteiger partial charge on any atom is 0.408 e. The maximum atomic E-state index is 12.3. The lowest BCUT2D eigenvalue weighted by atomic mass is 9.67. The number of rotatable bonds is 3. The van der Waals surface area contributed by atoms with E-state index in [0.29, 0.717) is 5.92 Å². The summed E-state index contributed by atoms with van der Waals surface area (Å²) in [6.07, 6.45) is 10.1. The first-order chi connectivity index (χ1) is 12.5. The van der Waals surface area contributed by atoms with Crippen molar-refractivity contribution in [2.75, 3.05) is 6.61 Å². The lowest BCUT2D eigenvalue weighted by Crippen LogP contribution is -2.51. The summed E-state index contributed by atoms with van der Waals surface area (Å²) in [7, 11) is 0. The highest BCUT2D eigenvalue weighted by Gasteiger charge is 2.47. The van der Waals surface area contributed by atoms with Gasteiger partial charge in [0, 0.05) is 0 Å². The number of ether oxygens (including phenoxy) is 1. The topological polar surface area (TPSA) is 78.8 Å². The van der Waals surface area contributed by atoms with Crippen molar-refractivity contribution in [2.24, 2.45) is 11.3 Å². The minimum absolute atomic E-state index is 0.0354. The zero-order valence-electron chi connectivity index (χ0n) is 17.2. The van der Waals surface area contributed by atoms with Crippen LogP contribution >= 0.6 is 0 Å². The maximum absolute atomic E-state index is 12.3. The molecule has 152 valence electrons. The highest BCUT2D eigenvalue weighted by Crippen LogP contribution is 2.51. The molecule has 0 bridgehead atoms. The zero-order valence-corrected chi connectivity index (χ0v) is 17.2. The summed E-state index contributed by atoms with van der Waals surface area (Å²) >= 11 is 0. The molecule has 0 aliphatic heterocycles. The van der Waals surface area contributed by atoms with E-state index in [4.69, 9.17) is 4.74 Å². The predicted molar refractivity (Wildman–Crippen MR) is 105 cm³/mol. The smallest absolute Gasteiger partial charge is 0.408 e. The third-order valence-corrected chi connectivity index (χ3v) is 6.52. The molecule has 3 N–H and O–H groups in total. The minimum Gasteiger partial charge on any atom is -0.444 e. The molecule has 5 nitrogen and oxygen atoms in total. The Morgan fingerprint density at radius 3 is 2.74 bits per heavy atom. The summed E-state index contributed by atoms with van der Waals surface area (Å²) < 4.78 is 5.41. The average Bonchev–Trinajstić information content (AvgIpc) is 2.99. The van der Waals surface area contributed by atoms with Gasteiger partial charge in [0.25, 0.3) is 0 Å². The summed E-state index contributed by atoms with van der Waals surface area (Å²) in [4.78, 5) is 12.3. The molecule has 2 saturated carbocycles. The van der Waals surface area contributed by atoms with Crippen LogP contribution in [0.2, 0.25) is 0 Å². The first-order valence-electron chi connectivity index (χ1n) is 10.3. The lowest BCUT2D eigenvalue weighted by molar-refractivity contribution is 0.0391. The molecule has 5 heteroatoms. The molecule has 0 radical (unpaired) electrons. The second-order valence-corrected chi connectivity index (χ2v) is 10.0. The van der Waals surface area contributed by atoms with Crippen LogP contribution in [0.25, 0.3) is 0 Å². The van der Waals surface area contributed by atoms with Crippen LogP contribution in [0.15, 0.2) is 23.3 Å². The van der Waals surface area contributed by atoms with Crippen LogP contribution in [0, 0.1) is 11.3 Å². The van der Waals surface area contributed by atoms with Gasteiger partial charge in [-0.3, -0.25) is 0 Å². The predicted octanol–water partition coefficient (Wildman–Crippen LogP) is 3.85. The number of fused-ring (bicyclic) bond motifs is 1. The van der Waals surface area contributed by atoms with Gasteiger partial charge in [0.1, 0.15) is 5.60 Å². The molecule has 0 aromatic carbocycles. The van der Waals surface area contributed by atoms with Crippen molar-refractivity contribution in [2.45, 2.75) is 89.9 Å². The molecule has 4 atom stereocenters. The lowest BCUT2D eigenvalue weighted by Gasteiger charge is -2.39. The Morgan fingerprint density at radius 2 is 2.07 bits per heavy atom. The first kappa shape index (κ1) is 20.4. The van der Waals surface area contributed by atoms with Crippen molar-refractivity contribution >= 4 is 6.09 Å². The molecule has 3 aliphatic rings. The molecule has 2 unspecified atom stereocenters. The van der Waals surface area contributed by atoms with E-state index in [-0.39, 0.29) is 18.1 Å². The summed E-state index contributed by atoms with van der Waals surface area (Å²) in [5.41, 5.74) is 1.58. The summed E-state index contributed by atoms with van der Waals surface area (Å²) in [5, 5.41) is 22.9. The van der Waals surface area contributed by atoms with Crippen LogP contribution in [0.3, 0.4) is 0 Å². The van der Waals surface area contributed by atoms with Crippen molar-refractivity contribution in [3.63, 3.8) is 0 Å². The fraction of sp³-hybridized carbons (Fsp3) is 0.773. The van der Waals surface area contributed by atoms with E-state index in [1.807, 2.05) is 20.8 Å². The monoisotopic (exact) mass is 377 g/mol. The van der Waals surface area contributed by atoms with E-state index in [1.54, 1.807) is 0 Å². The van der Waals surface area contributed by atoms with Crippen molar-refractivity contribution < 1.29 is 19.7 Å². The van der Waals surface area contributed by atoms with Gasteiger partial charge in [-0.1, -0.05) is 19.1 Å². The number of allylic oxidation sites excluding steroid dienone is 3. The molecule has 0 aromatic heterocycles. The molecule has 0 spiro atoms. The Bertz CT molecular complexity index is 647. The molecule has 3 aliphatic carbocycles. The van der Waals surface area contributed by atoms with Crippen LogP contribution in [-0.4, -0.2) is 40.2 Å². The van der Waals surface area contributed by atoms with Gasteiger partial charge in [-0.15, -0.1) is 0 Å². The van der Waals surface area contributed by atoms with Gasteiger partial charge in [0.05, 0.1) is 18.2 Å². The van der Waals surface area contributed by atoms with Crippen LogP contribution in [0.4, 0.5) is 4.79 Å². The molecule has 0 saturated heterocycles. The quantitative estimate of drug-likeness (QED) is 0.698. The van der Waals surface area contributed by atoms with E-state index < -0.39 is 17.2 Å². The molecule has 0 heterocycles. The van der Waals surface area contributed by atoms with Crippen molar-refractivity contribution in [1.29, 1.82) is 0 Å². The Labute approximate surface area is 162 Å². The second kappa shape index (κ2) is 7.25. The Balaban J connectivity index is 1.69. The average molecular weight is 378 g/mol.